The molecule has 1 aromatic carbocycles. The Morgan fingerprint density at radius 3 is 2.71 bits per heavy atom. The van der Waals surface area contributed by atoms with Crippen molar-refractivity contribution in [3.05, 3.63) is 66.2 Å². The van der Waals surface area contributed by atoms with Gasteiger partial charge in [0.25, 0.3) is 0 Å². The van der Waals surface area contributed by atoms with Crippen LogP contribution in [0.2, 0.25) is 0 Å². The van der Waals surface area contributed by atoms with Gasteiger partial charge in [0.2, 0.25) is 5.88 Å². The Labute approximate surface area is 196 Å². The summed E-state index contributed by atoms with van der Waals surface area (Å²) in [5.41, 5.74) is 4.85. The van der Waals surface area contributed by atoms with Gasteiger partial charge >= 0.3 is 0 Å². The van der Waals surface area contributed by atoms with Crippen molar-refractivity contribution in [2.24, 2.45) is 0 Å². The molecule has 9 heteroatoms. The van der Waals surface area contributed by atoms with Crippen molar-refractivity contribution in [1.82, 2.24) is 19.5 Å². The first-order valence-electron chi connectivity index (χ1n) is 11.2. The monoisotopic (exact) mass is 459 g/mol. The Bertz CT molecular complexity index is 1320. The number of pyridine rings is 2. The zero-order valence-corrected chi connectivity index (χ0v) is 19.0. The van der Waals surface area contributed by atoms with Crippen LogP contribution < -0.4 is 19.1 Å². The summed E-state index contributed by atoms with van der Waals surface area (Å²) in [5, 5.41) is 0. The van der Waals surface area contributed by atoms with Crippen LogP contribution in [0.1, 0.15) is 17.2 Å². The summed E-state index contributed by atoms with van der Waals surface area (Å²) in [7, 11) is 3.35. The molecule has 174 valence electrons. The molecule has 0 saturated carbocycles. The zero-order valence-electron chi connectivity index (χ0n) is 19.0. The van der Waals surface area contributed by atoms with Crippen molar-refractivity contribution in [2.75, 3.05) is 38.8 Å². The molecule has 1 fully saturated rings. The van der Waals surface area contributed by atoms with Gasteiger partial charge in [0.1, 0.15) is 12.1 Å². The molecular weight excluding hydrogens is 434 g/mol. The molecule has 9 nitrogen and oxygen atoms in total. The lowest BCUT2D eigenvalue weighted by atomic mass is 10.1. The number of ether oxygens (including phenoxy) is 4. The second-order valence-corrected chi connectivity index (χ2v) is 8.50. The molecule has 3 aromatic heterocycles. The average Bonchev–Trinajstić information content (AvgIpc) is 3.25. The largest absolute Gasteiger partial charge is 0.485 e. The first-order valence-corrected chi connectivity index (χ1v) is 11.2. The minimum absolute atomic E-state index is 0.210. The fourth-order valence-electron chi connectivity index (χ4n) is 4.30. The number of rotatable bonds is 6. The number of hydrogen-bond donors (Lipinski definition) is 0. The molecule has 0 amide bonds. The smallest absolute Gasteiger partial charge is 0.212 e. The third-order valence-corrected chi connectivity index (χ3v) is 6.35. The standard InChI is InChI=1S/C25H25N5O4/c1-31-19-12-29(13-19)18-8-20-25(27-10-18)30(15-28-20)11-16-3-5-21-22(7-16)33-14-23(34-21)17-4-6-24(32-2)26-9-17/h3-10,15,19,23H,11-14H2,1-2H3. The van der Waals surface area contributed by atoms with Crippen molar-refractivity contribution in [3.63, 3.8) is 0 Å². The number of benzene rings is 1. The maximum atomic E-state index is 6.17. The van der Waals surface area contributed by atoms with Gasteiger partial charge in [-0.15, -0.1) is 0 Å². The molecule has 2 aliphatic rings. The topological polar surface area (TPSA) is 83.8 Å². The third kappa shape index (κ3) is 3.77. The van der Waals surface area contributed by atoms with Gasteiger partial charge in [0.15, 0.2) is 23.3 Å². The summed E-state index contributed by atoms with van der Waals surface area (Å²) < 4.78 is 24.7. The summed E-state index contributed by atoms with van der Waals surface area (Å²) in [4.78, 5) is 15.8. The third-order valence-electron chi connectivity index (χ3n) is 6.35. The second kappa shape index (κ2) is 8.49. The molecule has 34 heavy (non-hydrogen) atoms. The summed E-state index contributed by atoms with van der Waals surface area (Å²) >= 11 is 0. The Kier molecular flexibility index (Phi) is 5.18. The number of fused-ring (bicyclic) bond motifs is 2. The summed E-state index contributed by atoms with van der Waals surface area (Å²) in [5.74, 6) is 2.03. The molecule has 6 rings (SSSR count). The number of anilines is 1. The van der Waals surface area contributed by atoms with E-state index in [-0.39, 0.29) is 6.10 Å². The predicted molar refractivity (Wildman–Crippen MR) is 126 cm³/mol. The molecule has 5 heterocycles. The summed E-state index contributed by atoms with van der Waals surface area (Å²) in [6, 6.07) is 11.9. The van der Waals surface area contributed by atoms with Crippen LogP contribution >= 0.6 is 0 Å². The van der Waals surface area contributed by atoms with Crippen LogP contribution in [0.25, 0.3) is 11.2 Å². The van der Waals surface area contributed by atoms with Crippen LogP contribution in [0.15, 0.2) is 55.1 Å². The highest BCUT2D eigenvalue weighted by atomic mass is 16.6. The molecule has 0 spiro atoms. The summed E-state index contributed by atoms with van der Waals surface area (Å²) in [6.07, 6.45) is 5.58. The fourth-order valence-corrected chi connectivity index (χ4v) is 4.30. The van der Waals surface area contributed by atoms with Gasteiger partial charge in [-0.3, -0.25) is 0 Å². The molecule has 0 bridgehead atoms. The molecule has 0 radical (unpaired) electrons. The minimum atomic E-state index is -0.210. The van der Waals surface area contributed by atoms with E-state index >= 15 is 0 Å². The van der Waals surface area contributed by atoms with Gasteiger partial charge < -0.3 is 28.4 Å². The van der Waals surface area contributed by atoms with E-state index in [2.05, 4.69) is 25.9 Å². The predicted octanol–water partition coefficient (Wildman–Crippen LogP) is 3.23. The van der Waals surface area contributed by atoms with Gasteiger partial charge in [-0.05, 0) is 29.8 Å². The number of aromatic nitrogens is 4. The van der Waals surface area contributed by atoms with E-state index in [1.54, 1.807) is 20.4 Å². The summed E-state index contributed by atoms with van der Waals surface area (Å²) in [6.45, 7) is 2.83. The Morgan fingerprint density at radius 2 is 1.91 bits per heavy atom. The lowest BCUT2D eigenvalue weighted by Crippen LogP contribution is -2.51. The number of nitrogens with zero attached hydrogens (tertiary/aromatic N) is 5. The van der Waals surface area contributed by atoms with Gasteiger partial charge in [0.05, 0.1) is 38.0 Å². The maximum absolute atomic E-state index is 6.17. The van der Waals surface area contributed by atoms with Crippen LogP contribution in [0, 0.1) is 0 Å². The zero-order chi connectivity index (χ0) is 23.1. The van der Waals surface area contributed by atoms with Crippen molar-refractivity contribution >= 4 is 16.9 Å². The van der Waals surface area contributed by atoms with Crippen molar-refractivity contribution in [2.45, 2.75) is 18.8 Å². The van der Waals surface area contributed by atoms with Crippen LogP contribution in [0.4, 0.5) is 5.69 Å². The first-order chi connectivity index (χ1) is 16.7. The molecule has 4 aromatic rings. The number of methoxy groups -OCH3 is 2. The first kappa shape index (κ1) is 20.7. The van der Waals surface area contributed by atoms with E-state index in [4.69, 9.17) is 18.9 Å². The Balaban J connectivity index is 1.16. The lowest BCUT2D eigenvalue weighted by Gasteiger charge is -2.39. The highest BCUT2D eigenvalue weighted by Gasteiger charge is 2.27. The van der Waals surface area contributed by atoms with Crippen LogP contribution in [0.5, 0.6) is 17.4 Å². The molecule has 2 aliphatic heterocycles. The van der Waals surface area contributed by atoms with Crippen LogP contribution in [-0.2, 0) is 11.3 Å². The van der Waals surface area contributed by atoms with Gasteiger partial charge in [0, 0.05) is 38.0 Å². The minimum Gasteiger partial charge on any atom is -0.485 e. The maximum Gasteiger partial charge on any atom is 0.212 e. The molecule has 1 unspecified atom stereocenters. The Morgan fingerprint density at radius 1 is 1.00 bits per heavy atom. The van der Waals surface area contributed by atoms with Gasteiger partial charge in [-0.25, -0.2) is 15.0 Å². The van der Waals surface area contributed by atoms with E-state index < -0.39 is 0 Å². The Hall–Kier alpha value is -3.85. The molecular formula is C25H25N5O4. The highest BCUT2D eigenvalue weighted by molar-refractivity contribution is 5.75. The molecule has 1 atom stereocenters. The molecule has 0 aliphatic carbocycles. The van der Waals surface area contributed by atoms with Gasteiger partial charge in [-0.1, -0.05) is 6.07 Å². The van der Waals surface area contributed by atoms with Gasteiger partial charge in [-0.2, -0.15) is 0 Å². The average molecular weight is 460 g/mol. The fraction of sp³-hybridized carbons (Fsp3) is 0.320. The van der Waals surface area contributed by atoms with Crippen LogP contribution in [-0.4, -0.2) is 59.5 Å². The van der Waals surface area contributed by atoms with Crippen molar-refractivity contribution in [3.8, 4) is 17.4 Å². The van der Waals surface area contributed by atoms with Crippen molar-refractivity contribution < 1.29 is 18.9 Å². The number of hydrogen-bond acceptors (Lipinski definition) is 8. The SMILES string of the molecule is COc1ccc(C2COc3cc(Cn4cnc5cc(N6CC(OC)C6)cnc54)ccc3O2)cn1. The quantitative estimate of drug-likeness (QED) is 0.435. The van der Waals surface area contributed by atoms with E-state index in [0.717, 1.165) is 52.6 Å². The molecule has 1 saturated heterocycles. The van der Waals surface area contributed by atoms with E-state index in [0.29, 0.717) is 25.1 Å². The normalized spacial score (nSPS) is 17.6. The van der Waals surface area contributed by atoms with E-state index in [9.17, 15) is 0 Å². The van der Waals surface area contributed by atoms with E-state index in [1.807, 2.05) is 47.4 Å². The number of imidazole rings is 1. The van der Waals surface area contributed by atoms with Crippen molar-refractivity contribution in [1.29, 1.82) is 0 Å². The van der Waals surface area contributed by atoms with E-state index in [1.165, 1.54) is 0 Å². The van der Waals surface area contributed by atoms with Crippen LogP contribution in [0.3, 0.4) is 0 Å². The highest BCUT2D eigenvalue weighted by Crippen LogP contribution is 2.37. The second-order valence-electron chi connectivity index (χ2n) is 8.50. The molecule has 0 N–H and O–H groups in total. The lowest BCUT2D eigenvalue weighted by molar-refractivity contribution is 0.0787.